The lowest BCUT2D eigenvalue weighted by Crippen LogP contribution is -2.65. The molecule has 264 valence electrons. The zero-order valence-electron chi connectivity index (χ0n) is 33.3. The van der Waals surface area contributed by atoms with E-state index in [0.29, 0.717) is 0 Å². The summed E-state index contributed by atoms with van der Waals surface area (Å²) >= 11 is 0. The van der Waals surface area contributed by atoms with Crippen LogP contribution in [0.15, 0.2) is 72.8 Å². The van der Waals surface area contributed by atoms with Crippen molar-refractivity contribution in [2.45, 2.75) is 142 Å². The second-order valence-corrected chi connectivity index (χ2v) is 20.7. The number of anilines is 5. The fraction of sp³-hybridized carbons (Fsp3) is 0.500. The molecule has 4 aromatic rings. The van der Waals surface area contributed by atoms with E-state index in [1.807, 2.05) is 0 Å². The molecule has 2 fully saturated rings. The molecule has 4 unspecified atom stereocenters. The van der Waals surface area contributed by atoms with Gasteiger partial charge in [-0.25, -0.2) is 0 Å². The highest BCUT2D eigenvalue weighted by atomic mass is 15.3. The van der Waals surface area contributed by atoms with Crippen LogP contribution in [0.1, 0.15) is 137 Å². The normalized spacial score (nSPS) is 26.3. The first kappa shape index (κ1) is 33.4. The summed E-state index contributed by atoms with van der Waals surface area (Å²) in [7, 11) is 0. The molecule has 2 aliphatic carbocycles. The van der Waals surface area contributed by atoms with Crippen LogP contribution in [0.5, 0.6) is 0 Å². The minimum atomic E-state index is 0.0198. The van der Waals surface area contributed by atoms with Crippen molar-refractivity contribution >= 4 is 51.5 Å². The van der Waals surface area contributed by atoms with Gasteiger partial charge in [-0.15, -0.1) is 0 Å². The molecular weight excluding hydrogens is 615 g/mol. The molecule has 51 heavy (non-hydrogen) atoms. The number of fused-ring (bicyclic) bond motifs is 8. The van der Waals surface area contributed by atoms with E-state index in [4.69, 9.17) is 0 Å². The summed E-state index contributed by atoms with van der Waals surface area (Å²) in [5, 5.41) is 0. The smallest absolute Gasteiger partial charge is 0.252 e. The Morgan fingerprint density at radius 3 is 1.84 bits per heavy atom. The first-order chi connectivity index (χ1) is 23.9. The minimum absolute atomic E-state index is 0.0198. The fourth-order valence-electron chi connectivity index (χ4n) is 11.3. The maximum Gasteiger partial charge on any atom is 0.252 e. The third-order valence-electron chi connectivity index (χ3n) is 14.5. The summed E-state index contributed by atoms with van der Waals surface area (Å²) in [6.07, 6.45) is 8.21. The number of benzene rings is 4. The van der Waals surface area contributed by atoms with Crippen LogP contribution in [0.25, 0.3) is 0 Å². The molecule has 0 saturated heterocycles. The maximum absolute atomic E-state index is 2.92. The van der Waals surface area contributed by atoms with E-state index in [1.165, 1.54) is 100 Å². The molecule has 3 heteroatoms. The van der Waals surface area contributed by atoms with Crippen LogP contribution in [0.2, 0.25) is 0 Å². The summed E-state index contributed by atoms with van der Waals surface area (Å²) in [6.45, 7) is 26.8. The van der Waals surface area contributed by atoms with Crippen molar-refractivity contribution in [2.24, 2.45) is 11.8 Å². The van der Waals surface area contributed by atoms with Crippen LogP contribution in [-0.4, -0.2) is 12.3 Å². The molecule has 0 spiro atoms. The van der Waals surface area contributed by atoms with Crippen molar-refractivity contribution in [1.82, 2.24) is 0 Å². The van der Waals surface area contributed by atoms with Gasteiger partial charge in [-0.3, -0.25) is 0 Å². The summed E-state index contributed by atoms with van der Waals surface area (Å²) < 4.78 is 0. The molecule has 0 bridgehead atoms. The highest BCUT2D eigenvalue weighted by Gasteiger charge is 2.64. The molecule has 0 aromatic heterocycles. The largest absolute Gasteiger partial charge is 0.335 e. The van der Waals surface area contributed by atoms with Crippen LogP contribution in [0, 0.1) is 11.8 Å². The lowest BCUT2D eigenvalue weighted by Gasteiger charge is -2.57. The minimum Gasteiger partial charge on any atom is -0.335 e. The van der Waals surface area contributed by atoms with Gasteiger partial charge in [0.25, 0.3) is 6.71 Å². The molecule has 0 radical (unpaired) electrons. The zero-order valence-corrected chi connectivity index (χ0v) is 33.3. The van der Waals surface area contributed by atoms with Gasteiger partial charge in [0, 0.05) is 33.9 Å². The SMILES string of the molecule is CC(C)(C)c1ccc(N2c3ccc(C(C)(C)C)cc3B3c4cc(C(C)(C)C)cc5c4N(c4cccc2c43)C2(C)CC3CCCCC3CC52C)cc1. The molecule has 0 N–H and O–H groups in total. The molecule has 2 saturated carbocycles. The average molecular weight is 675 g/mol. The van der Waals surface area contributed by atoms with E-state index in [-0.39, 0.29) is 33.9 Å². The predicted octanol–water partition coefficient (Wildman–Crippen LogP) is 11.0. The Balaban J connectivity index is 1.36. The van der Waals surface area contributed by atoms with E-state index < -0.39 is 0 Å². The van der Waals surface area contributed by atoms with Crippen LogP contribution in [-0.2, 0) is 21.7 Å². The molecule has 3 aliphatic heterocycles. The van der Waals surface area contributed by atoms with Gasteiger partial charge in [0.15, 0.2) is 0 Å². The van der Waals surface area contributed by atoms with Crippen molar-refractivity contribution in [3.8, 4) is 0 Å². The van der Waals surface area contributed by atoms with Gasteiger partial charge < -0.3 is 9.80 Å². The van der Waals surface area contributed by atoms with Gasteiger partial charge in [-0.1, -0.05) is 137 Å². The van der Waals surface area contributed by atoms with Crippen LogP contribution >= 0.6 is 0 Å². The fourth-order valence-corrected chi connectivity index (χ4v) is 11.3. The zero-order chi connectivity index (χ0) is 36.0. The number of rotatable bonds is 1. The Bertz CT molecular complexity index is 2070. The molecule has 5 aliphatic rings. The van der Waals surface area contributed by atoms with Crippen LogP contribution in [0.4, 0.5) is 28.4 Å². The summed E-state index contributed by atoms with van der Waals surface area (Å²) in [4.78, 5) is 5.52. The van der Waals surface area contributed by atoms with Gasteiger partial charge in [0.2, 0.25) is 0 Å². The monoisotopic (exact) mass is 674 g/mol. The van der Waals surface area contributed by atoms with Crippen LogP contribution in [0.3, 0.4) is 0 Å². The van der Waals surface area contributed by atoms with Crippen molar-refractivity contribution < 1.29 is 0 Å². The Morgan fingerprint density at radius 2 is 1.20 bits per heavy atom. The first-order valence-electron chi connectivity index (χ1n) is 20.1. The van der Waals surface area contributed by atoms with E-state index in [2.05, 4.69) is 159 Å². The molecule has 3 heterocycles. The van der Waals surface area contributed by atoms with E-state index in [9.17, 15) is 0 Å². The highest BCUT2D eigenvalue weighted by molar-refractivity contribution is 7.00. The third kappa shape index (κ3) is 4.61. The van der Waals surface area contributed by atoms with Crippen molar-refractivity contribution in [3.05, 3.63) is 95.1 Å². The standard InChI is InChI=1S/C48H59BN2/c1-44(2,3)32-19-22-35(23-20-32)50-39-24-21-33(45(4,5)6)26-37(39)49-38-27-34(46(7,8)9)25-36-43(38)51(41-18-14-17-40(50)42(41)49)48(11)29-31-16-13-12-15-30(31)28-47(36,48)10/h14,17-27,30-31H,12-13,15-16,28-29H2,1-11H3. The van der Waals surface area contributed by atoms with Crippen molar-refractivity contribution in [2.75, 3.05) is 9.80 Å². The Labute approximate surface area is 309 Å². The lowest BCUT2D eigenvalue weighted by atomic mass is 9.33. The van der Waals surface area contributed by atoms with Crippen molar-refractivity contribution in [3.63, 3.8) is 0 Å². The quantitative estimate of drug-likeness (QED) is 0.163. The molecule has 0 amide bonds. The number of hydrogen-bond acceptors (Lipinski definition) is 2. The maximum atomic E-state index is 2.92. The van der Waals surface area contributed by atoms with E-state index >= 15 is 0 Å². The number of nitrogens with zero attached hydrogens (tertiary/aromatic N) is 2. The Morgan fingerprint density at radius 1 is 0.608 bits per heavy atom. The molecule has 9 rings (SSSR count). The average Bonchev–Trinajstić information content (AvgIpc) is 3.26. The highest BCUT2D eigenvalue weighted by Crippen LogP contribution is 2.65. The molecule has 4 aromatic carbocycles. The Hall–Kier alpha value is -3.46. The van der Waals surface area contributed by atoms with Crippen LogP contribution < -0.4 is 26.2 Å². The molecular formula is C48H59BN2. The second-order valence-electron chi connectivity index (χ2n) is 20.7. The van der Waals surface area contributed by atoms with E-state index in [1.54, 1.807) is 5.56 Å². The van der Waals surface area contributed by atoms with E-state index in [0.717, 1.165) is 11.8 Å². The van der Waals surface area contributed by atoms with Gasteiger partial charge in [-0.05, 0) is 117 Å². The van der Waals surface area contributed by atoms with Crippen molar-refractivity contribution in [1.29, 1.82) is 0 Å². The van der Waals surface area contributed by atoms with Gasteiger partial charge in [-0.2, -0.15) is 0 Å². The molecule has 2 nitrogen and oxygen atoms in total. The lowest BCUT2D eigenvalue weighted by molar-refractivity contribution is 0.0581. The first-order valence-corrected chi connectivity index (χ1v) is 20.1. The molecule has 4 atom stereocenters. The topological polar surface area (TPSA) is 6.48 Å². The van der Waals surface area contributed by atoms with Gasteiger partial charge in [0.1, 0.15) is 0 Å². The van der Waals surface area contributed by atoms with Gasteiger partial charge in [0.05, 0.1) is 5.54 Å². The second kappa shape index (κ2) is 10.6. The predicted molar refractivity (Wildman–Crippen MR) is 221 cm³/mol. The van der Waals surface area contributed by atoms with Gasteiger partial charge >= 0.3 is 0 Å². The summed E-state index contributed by atoms with van der Waals surface area (Å²) in [5.74, 6) is 1.66. The summed E-state index contributed by atoms with van der Waals surface area (Å²) in [5.41, 5.74) is 17.6. The third-order valence-corrected chi connectivity index (χ3v) is 14.5. The number of hydrogen-bond donors (Lipinski definition) is 0. The Kier molecular flexibility index (Phi) is 6.92. The summed E-state index contributed by atoms with van der Waals surface area (Å²) in [6, 6.07) is 29.4.